The summed E-state index contributed by atoms with van der Waals surface area (Å²) in [5.74, 6) is 0.695. The first-order chi connectivity index (χ1) is 8.79. The van der Waals surface area contributed by atoms with Crippen molar-refractivity contribution in [2.45, 2.75) is 39.7 Å². The van der Waals surface area contributed by atoms with Crippen molar-refractivity contribution in [1.29, 1.82) is 0 Å². The number of thiazole rings is 1. The maximum absolute atomic E-state index is 12.1. The summed E-state index contributed by atoms with van der Waals surface area (Å²) in [6, 6.07) is 0. The van der Waals surface area contributed by atoms with Crippen LogP contribution in [0, 0.1) is 6.92 Å². The van der Waals surface area contributed by atoms with Crippen molar-refractivity contribution in [2.24, 2.45) is 0 Å². The molecule has 0 fully saturated rings. The first-order valence-corrected chi connectivity index (χ1v) is 7.63. The van der Waals surface area contributed by atoms with Crippen LogP contribution in [0.15, 0.2) is 20.8 Å². The molecular formula is C13H16BrN3OS. The molecule has 2 aromatic heterocycles. The average molecular weight is 342 g/mol. The number of halogens is 1. The van der Waals surface area contributed by atoms with Crippen molar-refractivity contribution in [3.05, 3.63) is 42.9 Å². The molecule has 0 saturated heterocycles. The monoisotopic (exact) mass is 341 g/mol. The van der Waals surface area contributed by atoms with E-state index in [0.29, 0.717) is 16.8 Å². The van der Waals surface area contributed by atoms with Gasteiger partial charge in [0, 0.05) is 17.0 Å². The highest BCUT2D eigenvalue weighted by atomic mass is 79.9. The first-order valence-electron chi connectivity index (χ1n) is 5.96. The van der Waals surface area contributed by atoms with Crippen LogP contribution in [-0.2, 0) is 12.0 Å². The van der Waals surface area contributed by atoms with Gasteiger partial charge in [0.2, 0.25) is 0 Å². The van der Waals surface area contributed by atoms with Crippen LogP contribution >= 0.6 is 27.3 Å². The molecule has 0 aromatic carbocycles. The number of aromatic nitrogens is 3. The molecule has 0 aliphatic rings. The lowest BCUT2D eigenvalue weighted by Gasteiger charge is -2.14. The molecule has 19 heavy (non-hydrogen) atoms. The molecule has 0 amide bonds. The van der Waals surface area contributed by atoms with Gasteiger partial charge in [0.25, 0.3) is 5.56 Å². The van der Waals surface area contributed by atoms with Gasteiger partial charge in [0.05, 0.1) is 12.2 Å². The van der Waals surface area contributed by atoms with Gasteiger partial charge >= 0.3 is 0 Å². The van der Waals surface area contributed by atoms with Crippen LogP contribution in [0.2, 0.25) is 0 Å². The van der Waals surface area contributed by atoms with Crippen molar-refractivity contribution >= 4 is 27.3 Å². The van der Waals surface area contributed by atoms with Gasteiger partial charge in [0.15, 0.2) is 0 Å². The van der Waals surface area contributed by atoms with E-state index in [0.717, 1.165) is 10.7 Å². The average Bonchev–Trinajstić information content (AvgIpc) is 2.78. The summed E-state index contributed by atoms with van der Waals surface area (Å²) < 4.78 is 2.11. The Bertz CT molecular complexity index is 655. The molecule has 0 spiro atoms. The van der Waals surface area contributed by atoms with Crippen molar-refractivity contribution in [2.75, 3.05) is 0 Å². The Morgan fingerprint density at radius 2 is 2.11 bits per heavy atom. The minimum absolute atomic E-state index is 0.0320. The molecule has 6 heteroatoms. The zero-order valence-electron chi connectivity index (χ0n) is 11.4. The molecule has 2 rings (SSSR count). The molecular weight excluding hydrogens is 326 g/mol. The van der Waals surface area contributed by atoms with Crippen molar-refractivity contribution in [3.8, 4) is 0 Å². The topological polar surface area (TPSA) is 47.8 Å². The summed E-state index contributed by atoms with van der Waals surface area (Å²) in [5, 5.41) is 2.98. The standard InChI is InChI=1S/C13H16BrN3OS/c1-8-15-5-9(14)12(18)17(8)6-11-16-10(7-19-11)13(2,3)4/h5,7H,6H2,1-4H3. The van der Waals surface area contributed by atoms with E-state index in [4.69, 9.17) is 0 Å². The van der Waals surface area contributed by atoms with Gasteiger partial charge in [-0.15, -0.1) is 11.3 Å². The Morgan fingerprint density at radius 1 is 1.42 bits per heavy atom. The van der Waals surface area contributed by atoms with Crippen LogP contribution in [0.5, 0.6) is 0 Å². The normalized spacial score (nSPS) is 11.8. The van der Waals surface area contributed by atoms with E-state index in [1.165, 1.54) is 6.20 Å². The van der Waals surface area contributed by atoms with Crippen molar-refractivity contribution < 1.29 is 0 Å². The van der Waals surface area contributed by atoms with Crippen LogP contribution in [0.1, 0.15) is 37.3 Å². The fourth-order valence-electron chi connectivity index (χ4n) is 1.60. The molecule has 0 aliphatic heterocycles. The Balaban J connectivity index is 2.35. The van der Waals surface area contributed by atoms with E-state index in [1.807, 2.05) is 6.92 Å². The third-order valence-electron chi connectivity index (χ3n) is 2.82. The second-order valence-electron chi connectivity index (χ2n) is 5.42. The third kappa shape index (κ3) is 3.12. The van der Waals surface area contributed by atoms with Gasteiger partial charge in [-0.2, -0.15) is 0 Å². The molecule has 0 atom stereocenters. The highest BCUT2D eigenvalue weighted by Crippen LogP contribution is 2.24. The van der Waals surface area contributed by atoms with Crippen LogP contribution in [0.4, 0.5) is 0 Å². The van der Waals surface area contributed by atoms with Crippen LogP contribution in [0.3, 0.4) is 0 Å². The summed E-state index contributed by atoms with van der Waals surface area (Å²) in [4.78, 5) is 20.8. The predicted octanol–water partition coefficient (Wildman–Crippen LogP) is 3.12. The molecule has 2 aromatic rings. The lowest BCUT2D eigenvalue weighted by atomic mass is 9.93. The maximum atomic E-state index is 12.1. The van der Waals surface area contributed by atoms with Gasteiger partial charge in [-0.05, 0) is 22.9 Å². The number of aryl methyl sites for hydroxylation is 1. The Kier molecular flexibility index (Phi) is 3.92. The van der Waals surface area contributed by atoms with E-state index >= 15 is 0 Å². The fraction of sp³-hybridized carbons (Fsp3) is 0.462. The highest BCUT2D eigenvalue weighted by Gasteiger charge is 2.18. The zero-order valence-corrected chi connectivity index (χ0v) is 13.8. The van der Waals surface area contributed by atoms with Crippen molar-refractivity contribution in [3.63, 3.8) is 0 Å². The molecule has 0 bridgehead atoms. The van der Waals surface area contributed by atoms with E-state index in [2.05, 4.69) is 52.0 Å². The minimum Gasteiger partial charge on any atom is -0.289 e. The molecule has 102 valence electrons. The quantitative estimate of drug-likeness (QED) is 0.843. The summed E-state index contributed by atoms with van der Waals surface area (Å²) in [7, 11) is 0. The van der Waals surface area contributed by atoms with Gasteiger partial charge in [-0.3, -0.25) is 9.36 Å². The molecule has 0 radical (unpaired) electrons. The second-order valence-corrected chi connectivity index (χ2v) is 7.22. The molecule has 0 unspecified atom stereocenters. The second kappa shape index (κ2) is 5.17. The van der Waals surface area contributed by atoms with Gasteiger partial charge in [-0.25, -0.2) is 9.97 Å². The van der Waals surface area contributed by atoms with Crippen LogP contribution in [-0.4, -0.2) is 14.5 Å². The lowest BCUT2D eigenvalue weighted by molar-refractivity contribution is 0.568. The SMILES string of the molecule is Cc1ncc(Br)c(=O)n1Cc1nc(C(C)(C)C)cs1. The fourth-order valence-corrected chi connectivity index (χ4v) is 2.93. The van der Waals surface area contributed by atoms with Gasteiger partial charge in [0.1, 0.15) is 15.3 Å². The Morgan fingerprint density at radius 3 is 2.68 bits per heavy atom. The smallest absolute Gasteiger partial charge is 0.268 e. The van der Waals surface area contributed by atoms with E-state index in [9.17, 15) is 4.79 Å². The number of rotatable bonds is 2. The third-order valence-corrected chi connectivity index (χ3v) is 4.20. The molecule has 2 heterocycles. The molecule has 0 N–H and O–H groups in total. The van der Waals surface area contributed by atoms with Gasteiger partial charge in [-0.1, -0.05) is 20.8 Å². The maximum Gasteiger partial charge on any atom is 0.268 e. The summed E-state index contributed by atoms with van der Waals surface area (Å²) in [6.07, 6.45) is 1.54. The predicted molar refractivity (Wildman–Crippen MR) is 80.9 cm³/mol. The highest BCUT2D eigenvalue weighted by molar-refractivity contribution is 9.10. The molecule has 4 nitrogen and oxygen atoms in total. The van der Waals surface area contributed by atoms with Crippen LogP contribution < -0.4 is 5.56 Å². The zero-order chi connectivity index (χ0) is 14.2. The van der Waals surface area contributed by atoms with Crippen LogP contribution in [0.25, 0.3) is 0 Å². The van der Waals surface area contributed by atoms with Gasteiger partial charge < -0.3 is 0 Å². The number of hydrogen-bond acceptors (Lipinski definition) is 4. The van der Waals surface area contributed by atoms with Crippen molar-refractivity contribution in [1.82, 2.24) is 14.5 Å². The van der Waals surface area contributed by atoms with E-state index < -0.39 is 0 Å². The lowest BCUT2D eigenvalue weighted by Crippen LogP contribution is -2.24. The number of nitrogens with zero attached hydrogens (tertiary/aromatic N) is 3. The molecule has 0 aliphatic carbocycles. The first kappa shape index (κ1) is 14.4. The summed E-state index contributed by atoms with van der Waals surface area (Å²) in [5.41, 5.74) is 1.02. The number of hydrogen-bond donors (Lipinski definition) is 0. The summed E-state index contributed by atoms with van der Waals surface area (Å²) in [6.45, 7) is 8.68. The largest absolute Gasteiger partial charge is 0.289 e. The van der Waals surface area contributed by atoms with E-state index in [-0.39, 0.29) is 11.0 Å². The molecule has 0 saturated carbocycles. The Hall–Kier alpha value is -1.01. The Labute approximate surface area is 124 Å². The van der Waals surface area contributed by atoms with E-state index in [1.54, 1.807) is 15.9 Å². The summed E-state index contributed by atoms with van der Waals surface area (Å²) >= 11 is 4.80. The minimum atomic E-state index is -0.0694.